The van der Waals surface area contributed by atoms with Gasteiger partial charge in [-0.05, 0) is 59.9 Å². The van der Waals surface area contributed by atoms with Crippen molar-refractivity contribution in [2.45, 2.75) is 51.3 Å². The van der Waals surface area contributed by atoms with Gasteiger partial charge in [-0.3, -0.25) is 19.3 Å². The average molecular weight is 536 g/mol. The zero-order valence-corrected chi connectivity index (χ0v) is 21.6. The van der Waals surface area contributed by atoms with E-state index in [-0.39, 0.29) is 54.4 Å². The maximum absolute atomic E-state index is 13.9. The molecule has 0 aromatic heterocycles. The van der Waals surface area contributed by atoms with Crippen molar-refractivity contribution >= 4 is 23.4 Å². The van der Waals surface area contributed by atoms with Crippen LogP contribution in [0.3, 0.4) is 0 Å². The van der Waals surface area contributed by atoms with Gasteiger partial charge in [0.05, 0.1) is 17.8 Å². The summed E-state index contributed by atoms with van der Waals surface area (Å²) in [4.78, 5) is 38.5. The highest BCUT2D eigenvalue weighted by Gasteiger charge is 2.31. The number of hydrogen-bond donors (Lipinski definition) is 3. The Hall–Kier alpha value is -3.95. The minimum atomic E-state index is -1.10. The third-order valence-electron chi connectivity index (χ3n) is 6.66. The Bertz CT molecular complexity index is 1330. The molecule has 204 valence electrons. The molecule has 1 fully saturated rings. The summed E-state index contributed by atoms with van der Waals surface area (Å²) in [6, 6.07) is 16.3. The second-order valence-corrected chi connectivity index (χ2v) is 9.61. The molecule has 2 unspecified atom stereocenters. The number of hydrogen-bond acceptors (Lipinski definition) is 5. The fourth-order valence-electron chi connectivity index (χ4n) is 4.63. The zero-order valence-electron chi connectivity index (χ0n) is 21.6. The number of amides is 3. The summed E-state index contributed by atoms with van der Waals surface area (Å²) in [5.41, 5.74) is 2.96. The second-order valence-electron chi connectivity index (χ2n) is 9.61. The molecule has 9 heteroatoms. The van der Waals surface area contributed by atoms with Crippen molar-refractivity contribution in [3.8, 4) is 0 Å². The van der Waals surface area contributed by atoms with Crippen LogP contribution in [0.5, 0.6) is 0 Å². The number of carbonyl (C=O) groups excluding carboxylic acids is 3. The van der Waals surface area contributed by atoms with Crippen LogP contribution < -0.4 is 15.5 Å². The van der Waals surface area contributed by atoms with Gasteiger partial charge in [-0.15, -0.1) is 0 Å². The molecule has 0 saturated carbocycles. The summed E-state index contributed by atoms with van der Waals surface area (Å²) in [6.45, 7) is 2.66. The topological polar surface area (TPSA) is 98.7 Å². The molecule has 0 radical (unpaired) electrons. The van der Waals surface area contributed by atoms with Crippen LogP contribution in [-0.4, -0.2) is 41.5 Å². The number of nitrogens with one attached hydrogen (secondary N) is 2. The van der Waals surface area contributed by atoms with Gasteiger partial charge < -0.3 is 15.7 Å². The molecule has 1 aliphatic rings. The first-order valence-electron chi connectivity index (χ1n) is 12.9. The van der Waals surface area contributed by atoms with Crippen LogP contribution in [0.4, 0.5) is 14.5 Å². The smallest absolute Gasteiger partial charge is 0.251 e. The van der Waals surface area contributed by atoms with E-state index in [0.717, 1.165) is 35.1 Å². The molecule has 3 aromatic carbocycles. The molecule has 1 heterocycles. The lowest BCUT2D eigenvalue weighted by atomic mass is 10.00. The molecule has 1 aliphatic heterocycles. The van der Waals surface area contributed by atoms with Crippen molar-refractivity contribution in [2.24, 2.45) is 0 Å². The summed E-state index contributed by atoms with van der Waals surface area (Å²) in [5.74, 6) is -2.76. The Morgan fingerprint density at radius 3 is 2.28 bits per heavy atom. The number of anilines is 1. The minimum absolute atomic E-state index is 0.0304. The normalized spacial score (nSPS) is 14.9. The lowest BCUT2D eigenvalue weighted by Gasteiger charge is -2.25. The standard InChI is InChI=1S/C30H31F2N3O4/c1-2-19-5-3-6-20(11-19)17-33-18-27(36)26(14-21-12-23(31)16-24(32)13-21)34-30(39)22-7-4-8-25(15-22)35-28(37)9-10-29(35)38/h3-8,11-13,15-16,26-27,33,36H,2,9-10,14,17-18H2,1H3,(H,34,39). The van der Waals surface area contributed by atoms with E-state index in [0.29, 0.717) is 6.54 Å². The van der Waals surface area contributed by atoms with Gasteiger partial charge in [-0.2, -0.15) is 0 Å². The number of aliphatic hydroxyl groups excluding tert-OH is 1. The molecule has 1 saturated heterocycles. The summed E-state index contributed by atoms with van der Waals surface area (Å²) in [7, 11) is 0. The van der Waals surface area contributed by atoms with E-state index in [1.54, 1.807) is 12.1 Å². The van der Waals surface area contributed by atoms with Crippen molar-refractivity contribution in [1.82, 2.24) is 10.6 Å². The van der Waals surface area contributed by atoms with Gasteiger partial charge in [0, 0.05) is 37.6 Å². The van der Waals surface area contributed by atoms with E-state index in [4.69, 9.17) is 0 Å². The van der Waals surface area contributed by atoms with E-state index in [1.165, 1.54) is 17.7 Å². The fourth-order valence-corrected chi connectivity index (χ4v) is 4.63. The highest BCUT2D eigenvalue weighted by Crippen LogP contribution is 2.23. The Balaban J connectivity index is 1.49. The average Bonchev–Trinajstić information content (AvgIpc) is 3.25. The largest absolute Gasteiger partial charge is 0.390 e. The van der Waals surface area contributed by atoms with E-state index in [1.807, 2.05) is 18.2 Å². The molecule has 3 amide bonds. The van der Waals surface area contributed by atoms with Gasteiger partial charge in [0.1, 0.15) is 11.6 Å². The van der Waals surface area contributed by atoms with E-state index >= 15 is 0 Å². The number of imide groups is 1. The highest BCUT2D eigenvalue weighted by molar-refractivity contribution is 6.20. The molecular formula is C30H31F2N3O4. The van der Waals surface area contributed by atoms with Crippen LogP contribution in [0.25, 0.3) is 0 Å². The minimum Gasteiger partial charge on any atom is -0.390 e. The quantitative estimate of drug-likeness (QED) is 0.326. The molecule has 2 atom stereocenters. The van der Waals surface area contributed by atoms with Crippen molar-refractivity contribution < 1.29 is 28.3 Å². The number of halogens is 2. The van der Waals surface area contributed by atoms with E-state index in [9.17, 15) is 28.3 Å². The number of carbonyl (C=O) groups is 3. The molecule has 0 bridgehead atoms. The molecule has 39 heavy (non-hydrogen) atoms. The lowest BCUT2D eigenvalue weighted by molar-refractivity contribution is -0.121. The maximum atomic E-state index is 13.9. The summed E-state index contributed by atoms with van der Waals surface area (Å²) in [5, 5.41) is 17.0. The molecule has 3 N–H and O–H groups in total. The number of aliphatic hydroxyl groups is 1. The van der Waals surface area contributed by atoms with Gasteiger partial charge in [0.25, 0.3) is 5.91 Å². The third-order valence-corrected chi connectivity index (χ3v) is 6.66. The Kier molecular flexibility index (Phi) is 9.16. The Labute approximate surface area is 225 Å². The zero-order chi connectivity index (χ0) is 27.9. The third kappa shape index (κ3) is 7.34. The highest BCUT2D eigenvalue weighted by atomic mass is 19.1. The van der Waals surface area contributed by atoms with Crippen molar-refractivity contribution in [1.29, 1.82) is 0 Å². The van der Waals surface area contributed by atoms with Gasteiger partial charge in [-0.1, -0.05) is 37.3 Å². The first kappa shape index (κ1) is 28.1. The van der Waals surface area contributed by atoms with Gasteiger partial charge in [-0.25, -0.2) is 8.78 Å². The summed E-state index contributed by atoms with van der Waals surface area (Å²) in [6.07, 6.45) is -0.0000785. The fraction of sp³-hybridized carbons (Fsp3) is 0.300. The van der Waals surface area contributed by atoms with Gasteiger partial charge >= 0.3 is 0 Å². The Morgan fingerprint density at radius 2 is 1.59 bits per heavy atom. The molecule has 4 rings (SSSR count). The molecule has 7 nitrogen and oxygen atoms in total. The van der Waals surface area contributed by atoms with Crippen molar-refractivity contribution in [2.75, 3.05) is 11.4 Å². The van der Waals surface area contributed by atoms with Crippen LogP contribution in [0.15, 0.2) is 66.7 Å². The van der Waals surface area contributed by atoms with Crippen molar-refractivity contribution in [3.05, 3.63) is 101 Å². The number of nitrogens with zero attached hydrogens (tertiary/aromatic N) is 1. The maximum Gasteiger partial charge on any atom is 0.251 e. The monoisotopic (exact) mass is 535 g/mol. The van der Waals surface area contributed by atoms with E-state index in [2.05, 4.69) is 23.6 Å². The second kappa shape index (κ2) is 12.7. The van der Waals surface area contributed by atoms with Crippen LogP contribution >= 0.6 is 0 Å². The molecule has 0 spiro atoms. The van der Waals surface area contributed by atoms with Crippen molar-refractivity contribution in [3.63, 3.8) is 0 Å². The van der Waals surface area contributed by atoms with Gasteiger partial charge in [0.15, 0.2) is 0 Å². The predicted molar refractivity (Wildman–Crippen MR) is 143 cm³/mol. The van der Waals surface area contributed by atoms with Crippen LogP contribution in [0.1, 0.15) is 46.8 Å². The molecular weight excluding hydrogens is 504 g/mol. The first-order valence-corrected chi connectivity index (χ1v) is 12.9. The summed E-state index contributed by atoms with van der Waals surface area (Å²) < 4.78 is 27.7. The molecule has 3 aromatic rings. The first-order chi connectivity index (χ1) is 18.7. The number of rotatable bonds is 11. The van der Waals surface area contributed by atoms with Gasteiger partial charge in [0.2, 0.25) is 11.8 Å². The van der Waals surface area contributed by atoms with E-state index < -0.39 is 29.7 Å². The Morgan fingerprint density at radius 1 is 0.923 bits per heavy atom. The van der Waals surface area contributed by atoms with Crippen LogP contribution in [0, 0.1) is 11.6 Å². The SMILES string of the molecule is CCc1cccc(CNCC(O)C(Cc2cc(F)cc(F)c2)NC(=O)c2cccc(N3C(=O)CCC3=O)c2)c1. The van der Waals surface area contributed by atoms with Crippen LogP contribution in [-0.2, 0) is 29.0 Å². The number of aryl methyl sites for hydroxylation is 1. The van der Waals surface area contributed by atoms with Crippen LogP contribution in [0.2, 0.25) is 0 Å². The summed E-state index contributed by atoms with van der Waals surface area (Å²) >= 11 is 0. The predicted octanol–water partition coefficient (Wildman–Crippen LogP) is 3.67. The molecule has 0 aliphatic carbocycles. The number of benzene rings is 3. The lowest BCUT2D eigenvalue weighted by Crippen LogP contribution is -2.48.